The normalized spacial score (nSPS) is 17.5. The van der Waals surface area contributed by atoms with Gasteiger partial charge in [0.2, 0.25) is 0 Å². The van der Waals surface area contributed by atoms with Gasteiger partial charge in [-0.05, 0) is 48.6 Å². The lowest BCUT2D eigenvalue weighted by atomic mass is 9.97. The molecular weight excluding hydrogens is 399 g/mol. The van der Waals surface area contributed by atoms with Gasteiger partial charge in [0.15, 0.2) is 0 Å². The second-order valence-electron chi connectivity index (χ2n) is 7.88. The van der Waals surface area contributed by atoms with Crippen LogP contribution in [0.15, 0.2) is 48.2 Å². The number of anilines is 1. The highest BCUT2D eigenvalue weighted by Crippen LogP contribution is 2.40. The van der Waals surface area contributed by atoms with Gasteiger partial charge in [-0.2, -0.15) is 0 Å². The van der Waals surface area contributed by atoms with Crippen molar-refractivity contribution in [1.29, 1.82) is 0 Å². The van der Waals surface area contributed by atoms with Gasteiger partial charge < -0.3 is 14.4 Å². The predicted molar refractivity (Wildman–Crippen MR) is 115 cm³/mol. The Morgan fingerprint density at radius 2 is 1.61 bits per heavy atom. The average molecular weight is 424 g/mol. The zero-order valence-electron chi connectivity index (χ0n) is 17.9. The Kier molecular flexibility index (Phi) is 5.67. The Labute approximate surface area is 180 Å². The molecule has 2 aliphatic heterocycles. The molecule has 0 aliphatic carbocycles. The smallest absolute Gasteiger partial charge is 0.282 e. The summed E-state index contributed by atoms with van der Waals surface area (Å²) in [5.41, 5.74) is 1.51. The summed E-state index contributed by atoms with van der Waals surface area (Å²) in [4.78, 5) is 30.3. The van der Waals surface area contributed by atoms with Crippen molar-refractivity contribution in [2.75, 3.05) is 32.2 Å². The van der Waals surface area contributed by atoms with E-state index in [4.69, 9.17) is 9.47 Å². The zero-order chi connectivity index (χ0) is 22.1. The first-order valence-corrected chi connectivity index (χ1v) is 10.3. The number of halogens is 1. The number of carbonyl (C=O) groups is 2. The molecule has 2 aliphatic rings. The summed E-state index contributed by atoms with van der Waals surface area (Å²) in [5, 5.41) is 0. The highest BCUT2D eigenvalue weighted by atomic mass is 19.1. The molecule has 0 radical (unpaired) electrons. The zero-order valence-corrected chi connectivity index (χ0v) is 17.9. The number of hydrogen-bond donors (Lipinski definition) is 0. The van der Waals surface area contributed by atoms with Crippen molar-refractivity contribution in [1.82, 2.24) is 4.90 Å². The van der Waals surface area contributed by atoms with Crippen LogP contribution in [0.1, 0.15) is 25.3 Å². The molecule has 0 atom stereocenters. The van der Waals surface area contributed by atoms with Crippen molar-refractivity contribution in [3.05, 3.63) is 59.5 Å². The van der Waals surface area contributed by atoms with Gasteiger partial charge in [0.25, 0.3) is 11.8 Å². The molecule has 0 N–H and O–H groups in total. The van der Waals surface area contributed by atoms with Gasteiger partial charge in [-0.15, -0.1) is 0 Å². The van der Waals surface area contributed by atoms with Crippen LogP contribution in [0.25, 0.3) is 5.57 Å². The molecule has 1 fully saturated rings. The van der Waals surface area contributed by atoms with Gasteiger partial charge >= 0.3 is 0 Å². The topological polar surface area (TPSA) is 59.1 Å². The maximum absolute atomic E-state index is 13.6. The van der Waals surface area contributed by atoms with E-state index in [-0.39, 0.29) is 5.57 Å². The SMILES string of the molecule is COc1ccc(N2C(=O)C(c3ccc(F)cc3)=C(N3CCC(C)CC3)C2=O)c(OC)c1. The van der Waals surface area contributed by atoms with E-state index in [1.807, 2.05) is 4.90 Å². The summed E-state index contributed by atoms with van der Waals surface area (Å²) in [6, 6.07) is 10.6. The maximum Gasteiger partial charge on any atom is 0.282 e. The van der Waals surface area contributed by atoms with Crippen molar-refractivity contribution in [2.45, 2.75) is 19.8 Å². The largest absolute Gasteiger partial charge is 0.497 e. The second-order valence-corrected chi connectivity index (χ2v) is 7.88. The highest BCUT2D eigenvalue weighted by molar-refractivity contribution is 6.45. The average Bonchev–Trinajstić information content (AvgIpc) is 3.04. The van der Waals surface area contributed by atoms with E-state index in [0.29, 0.717) is 47.5 Å². The molecule has 0 aromatic heterocycles. The fourth-order valence-corrected chi connectivity index (χ4v) is 4.11. The third kappa shape index (κ3) is 3.76. The Bertz CT molecular complexity index is 1040. The fourth-order valence-electron chi connectivity index (χ4n) is 4.11. The molecule has 6 nitrogen and oxygen atoms in total. The first-order valence-electron chi connectivity index (χ1n) is 10.3. The van der Waals surface area contributed by atoms with Crippen molar-refractivity contribution in [3.63, 3.8) is 0 Å². The van der Waals surface area contributed by atoms with Gasteiger partial charge in [0, 0.05) is 19.2 Å². The number of carbonyl (C=O) groups excluding carboxylic acids is 2. The number of benzene rings is 2. The van der Waals surface area contributed by atoms with E-state index in [1.54, 1.807) is 18.2 Å². The lowest BCUT2D eigenvalue weighted by molar-refractivity contribution is -0.120. The van der Waals surface area contributed by atoms with Crippen LogP contribution in [0, 0.1) is 11.7 Å². The summed E-state index contributed by atoms with van der Waals surface area (Å²) in [7, 11) is 3.01. The van der Waals surface area contributed by atoms with Crippen molar-refractivity contribution in [2.24, 2.45) is 5.92 Å². The van der Waals surface area contributed by atoms with Gasteiger partial charge in [-0.25, -0.2) is 9.29 Å². The van der Waals surface area contributed by atoms with E-state index in [1.165, 1.54) is 38.5 Å². The third-order valence-electron chi connectivity index (χ3n) is 5.92. The number of nitrogens with zero attached hydrogens (tertiary/aromatic N) is 2. The predicted octanol–water partition coefficient (Wildman–Crippen LogP) is 3.86. The molecule has 0 saturated carbocycles. The second kappa shape index (κ2) is 8.41. The molecule has 31 heavy (non-hydrogen) atoms. The molecule has 7 heteroatoms. The summed E-state index contributed by atoms with van der Waals surface area (Å²) < 4.78 is 24.2. The van der Waals surface area contributed by atoms with Crippen LogP contribution in [0.3, 0.4) is 0 Å². The van der Waals surface area contributed by atoms with Gasteiger partial charge in [0.05, 0.1) is 25.5 Å². The van der Waals surface area contributed by atoms with E-state index >= 15 is 0 Å². The van der Waals surface area contributed by atoms with Crippen LogP contribution in [0.2, 0.25) is 0 Å². The van der Waals surface area contributed by atoms with Crippen LogP contribution >= 0.6 is 0 Å². The maximum atomic E-state index is 13.6. The number of ether oxygens (including phenoxy) is 2. The number of amides is 2. The van der Waals surface area contributed by atoms with Gasteiger partial charge in [-0.1, -0.05) is 19.1 Å². The van der Waals surface area contributed by atoms with Crippen LogP contribution in [0.4, 0.5) is 10.1 Å². The van der Waals surface area contributed by atoms with E-state index in [9.17, 15) is 14.0 Å². The number of imide groups is 1. The summed E-state index contributed by atoms with van der Waals surface area (Å²) >= 11 is 0. The molecule has 0 bridgehead atoms. The summed E-state index contributed by atoms with van der Waals surface area (Å²) in [5.74, 6) is 0.222. The summed E-state index contributed by atoms with van der Waals surface area (Å²) in [6.45, 7) is 3.56. The molecule has 4 rings (SSSR count). The molecule has 0 unspecified atom stereocenters. The Morgan fingerprint density at radius 1 is 0.935 bits per heavy atom. The van der Waals surface area contributed by atoms with E-state index in [0.717, 1.165) is 17.7 Å². The van der Waals surface area contributed by atoms with Crippen LogP contribution in [-0.2, 0) is 9.59 Å². The standard InChI is InChI=1S/C24H25FN2O4/c1-15-10-12-26(13-11-15)22-21(16-4-6-17(25)7-5-16)23(28)27(24(22)29)19-9-8-18(30-2)14-20(19)31-3/h4-9,14-15H,10-13H2,1-3H3. The Hall–Kier alpha value is -3.35. The minimum atomic E-state index is -0.450. The number of hydrogen-bond acceptors (Lipinski definition) is 5. The first kappa shape index (κ1) is 20.9. The lowest BCUT2D eigenvalue weighted by Gasteiger charge is -2.32. The van der Waals surface area contributed by atoms with Crippen molar-refractivity contribution < 1.29 is 23.5 Å². The molecule has 0 spiro atoms. The van der Waals surface area contributed by atoms with E-state index < -0.39 is 17.6 Å². The lowest BCUT2D eigenvalue weighted by Crippen LogP contribution is -2.38. The van der Waals surface area contributed by atoms with Crippen molar-refractivity contribution >= 4 is 23.1 Å². The number of rotatable bonds is 5. The number of piperidine rings is 1. The minimum absolute atomic E-state index is 0.289. The van der Waals surface area contributed by atoms with Crippen molar-refractivity contribution in [3.8, 4) is 11.5 Å². The number of likely N-dealkylation sites (tertiary alicyclic amines) is 1. The van der Waals surface area contributed by atoms with Crippen LogP contribution < -0.4 is 14.4 Å². The molecule has 2 aromatic carbocycles. The molecule has 162 valence electrons. The quantitative estimate of drug-likeness (QED) is 0.683. The summed E-state index contributed by atoms with van der Waals surface area (Å²) in [6.07, 6.45) is 1.88. The number of methoxy groups -OCH3 is 2. The minimum Gasteiger partial charge on any atom is -0.497 e. The van der Waals surface area contributed by atoms with Gasteiger partial charge in [0.1, 0.15) is 23.0 Å². The van der Waals surface area contributed by atoms with Crippen LogP contribution in [0.5, 0.6) is 11.5 Å². The van der Waals surface area contributed by atoms with Gasteiger partial charge in [-0.3, -0.25) is 9.59 Å². The Morgan fingerprint density at radius 3 is 2.23 bits per heavy atom. The van der Waals surface area contributed by atoms with Crippen LogP contribution in [-0.4, -0.2) is 44.0 Å². The molecular formula is C24H25FN2O4. The Balaban J connectivity index is 1.82. The monoisotopic (exact) mass is 424 g/mol. The fraction of sp³-hybridized carbons (Fsp3) is 0.333. The molecule has 2 amide bonds. The molecule has 2 heterocycles. The first-order chi connectivity index (χ1) is 14.9. The highest BCUT2D eigenvalue weighted by Gasteiger charge is 2.44. The molecule has 2 aromatic rings. The third-order valence-corrected chi connectivity index (χ3v) is 5.92. The molecule has 1 saturated heterocycles. The van der Waals surface area contributed by atoms with E-state index in [2.05, 4.69) is 6.92 Å².